The third-order valence-corrected chi connectivity index (χ3v) is 9.04. The van der Waals surface area contributed by atoms with Crippen LogP contribution in [0.4, 0.5) is 27.6 Å². The monoisotopic (exact) mass is 724 g/mol. The summed E-state index contributed by atoms with van der Waals surface area (Å²) in [6.07, 6.45) is -8.17. The van der Waals surface area contributed by atoms with Gasteiger partial charge in [0.05, 0.1) is 16.8 Å². The summed E-state index contributed by atoms with van der Waals surface area (Å²) >= 11 is 13.9. The summed E-state index contributed by atoms with van der Waals surface area (Å²) < 4.78 is 106. The van der Waals surface area contributed by atoms with E-state index in [0.717, 1.165) is 16.4 Å². The second-order valence-corrected chi connectivity index (χ2v) is 11.5. The van der Waals surface area contributed by atoms with E-state index >= 15 is 0 Å². The summed E-state index contributed by atoms with van der Waals surface area (Å²) in [6.45, 7) is 1.78. The molecule has 0 aliphatic rings. The lowest BCUT2D eigenvalue weighted by molar-refractivity contribution is -0.360. The van der Waals surface area contributed by atoms with Crippen LogP contribution in [0.15, 0.2) is 65.8 Å². The van der Waals surface area contributed by atoms with Gasteiger partial charge in [-0.15, -0.1) is 0 Å². The molecule has 0 fully saturated rings. The Morgan fingerprint density at radius 2 is 1.77 bits per heavy atom. The highest BCUT2D eigenvalue weighted by molar-refractivity contribution is 14.1. The third-order valence-electron chi connectivity index (χ3n) is 5.33. The molecule has 6 nitrogen and oxygen atoms in total. The molecule has 0 aliphatic carbocycles. The van der Waals surface area contributed by atoms with E-state index in [1.165, 1.54) is 30.6 Å². The number of benzene rings is 2. The Bertz CT molecular complexity index is 1400. The third kappa shape index (κ3) is 6.80. The van der Waals surface area contributed by atoms with E-state index in [2.05, 4.69) is 9.72 Å². The van der Waals surface area contributed by atoms with E-state index in [4.69, 9.17) is 27.9 Å². The van der Waals surface area contributed by atoms with Crippen molar-refractivity contribution in [1.29, 1.82) is 0 Å². The molecule has 0 saturated heterocycles. The van der Waals surface area contributed by atoms with Gasteiger partial charge in [-0.25, -0.2) is 8.42 Å². The highest BCUT2D eigenvalue weighted by atomic mass is 127. The van der Waals surface area contributed by atoms with Crippen molar-refractivity contribution in [3.63, 3.8) is 0 Å². The Hall–Kier alpha value is -2.10. The number of halogens is 8. The standard InChI is InChI=1S/C24H20Cl2F5IN2O4S/c1-2-6-17(15-7-5-12-33-13-15)34(39(35,36)20-11-3-8-16(32)21(20)26)18-9-4-10-19(22(18)37-14-25)38-24(30,31)23(27,28)29/h3-5,7-13,17H,2,6,14H2,1H3. The molecule has 1 heterocycles. The first-order valence-electron chi connectivity index (χ1n) is 11.1. The first-order valence-corrected chi connectivity index (χ1v) is 14.5. The number of nitrogens with zero attached hydrogens (tertiary/aromatic N) is 2. The first kappa shape index (κ1) is 31.4. The number of ether oxygens (including phenoxy) is 2. The van der Waals surface area contributed by atoms with Gasteiger partial charge in [0.2, 0.25) is 0 Å². The van der Waals surface area contributed by atoms with Gasteiger partial charge in [-0.05, 0) is 64.9 Å². The van der Waals surface area contributed by atoms with Crippen LogP contribution in [-0.2, 0) is 10.0 Å². The van der Waals surface area contributed by atoms with Crippen LogP contribution in [0.3, 0.4) is 0 Å². The minimum Gasteiger partial charge on any atom is -0.472 e. The van der Waals surface area contributed by atoms with Crippen LogP contribution < -0.4 is 13.8 Å². The second kappa shape index (κ2) is 12.6. The highest BCUT2D eigenvalue weighted by Crippen LogP contribution is 2.48. The summed E-state index contributed by atoms with van der Waals surface area (Å²) in [7, 11) is -4.63. The smallest absolute Gasteiger partial charge is 0.472 e. The molecular weight excluding hydrogens is 705 g/mol. The van der Waals surface area contributed by atoms with Gasteiger partial charge in [-0.2, -0.15) is 22.0 Å². The second-order valence-electron chi connectivity index (χ2n) is 7.92. The summed E-state index contributed by atoms with van der Waals surface area (Å²) in [5.41, 5.74) is 0.0109. The molecule has 2 aromatic carbocycles. The Morgan fingerprint density at radius 1 is 1.08 bits per heavy atom. The highest BCUT2D eigenvalue weighted by Gasteiger charge is 2.61. The van der Waals surface area contributed by atoms with Crippen LogP contribution in [0.2, 0.25) is 5.02 Å². The van der Waals surface area contributed by atoms with Crippen molar-refractivity contribution in [2.75, 3.05) is 10.4 Å². The van der Waals surface area contributed by atoms with Crippen LogP contribution in [0, 0.1) is 3.57 Å². The topological polar surface area (TPSA) is 68.7 Å². The van der Waals surface area contributed by atoms with Gasteiger partial charge in [0, 0.05) is 16.0 Å². The molecule has 1 atom stereocenters. The molecule has 0 bridgehead atoms. The fraction of sp³-hybridized carbons (Fsp3) is 0.292. The Balaban J connectivity index is 2.37. The van der Waals surface area contributed by atoms with Crippen LogP contribution in [0.5, 0.6) is 11.5 Å². The Kier molecular flexibility index (Phi) is 10.2. The lowest BCUT2D eigenvalue weighted by Gasteiger charge is -2.34. The van der Waals surface area contributed by atoms with E-state index < -0.39 is 51.6 Å². The molecule has 15 heteroatoms. The van der Waals surface area contributed by atoms with Crippen molar-refractivity contribution in [3.05, 3.63) is 75.1 Å². The summed E-state index contributed by atoms with van der Waals surface area (Å²) in [6, 6.07) is 8.73. The lowest BCUT2D eigenvalue weighted by atomic mass is 10.0. The van der Waals surface area contributed by atoms with Crippen molar-refractivity contribution >= 4 is 61.5 Å². The minimum absolute atomic E-state index is 0.111. The number of para-hydroxylation sites is 1. The predicted molar refractivity (Wildman–Crippen MR) is 145 cm³/mol. The number of pyridine rings is 1. The average molecular weight is 725 g/mol. The van der Waals surface area contributed by atoms with Crippen molar-refractivity contribution in [2.45, 2.75) is 43.0 Å². The molecule has 0 amide bonds. The number of aromatic nitrogens is 1. The summed E-state index contributed by atoms with van der Waals surface area (Å²) in [5.74, 6) is -1.82. The van der Waals surface area contributed by atoms with Gasteiger partial charge in [0.25, 0.3) is 10.0 Å². The molecule has 1 aromatic heterocycles. The van der Waals surface area contributed by atoms with Crippen LogP contribution in [0.25, 0.3) is 0 Å². The molecule has 0 saturated carbocycles. The number of hydrogen-bond acceptors (Lipinski definition) is 5. The fourth-order valence-corrected chi connectivity index (χ4v) is 6.65. The van der Waals surface area contributed by atoms with E-state index in [9.17, 15) is 30.4 Å². The van der Waals surface area contributed by atoms with Crippen molar-refractivity contribution < 1.29 is 39.8 Å². The molecule has 3 aromatic rings. The van der Waals surface area contributed by atoms with E-state index in [1.807, 2.05) is 22.6 Å². The zero-order valence-electron chi connectivity index (χ0n) is 19.9. The molecule has 1 unspecified atom stereocenters. The fourth-order valence-electron chi connectivity index (χ4n) is 3.67. The van der Waals surface area contributed by atoms with Gasteiger partial charge in [-0.3, -0.25) is 9.29 Å². The molecule has 3 rings (SSSR count). The van der Waals surface area contributed by atoms with E-state index in [1.54, 1.807) is 25.1 Å². The van der Waals surface area contributed by atoms with Crippen LogP contribution in [0.1, 0.15) is 31.4 Å². The van der Waals surface area contributed by atoms with Crippen molar-refractivity contribution in [2.24, 2.45) is 0 Å². The lowest BCUT2D eigenvalue weighted by Crippen LogP contribution is -2.42. The quantitative estimate of drug-likeness (QED) is 0.113. The largest absolute Gasteiger partial charge is 0.499 e. The van der Waals surface area contributed by atoms with Crippen molar-refractivity contribution in [1.82, 2.24) is 4.98 Å². The number of hydrogen-bond donors (Lipinski definition) is 0. The maximum atomic E-state index is 14.3. The van der Waals surface area contributed by atoms with Gasteiger partial charge in [0.15, 0.2) is 17.6 Å². The molecule has 0 radical (unpaired) electrons. The zero-order valence-corrected chi connectivity index (χ0v) is 24.4. The molecule has 0 N–H and O–H groups in total. The normalized spacial score (nSPS) is 13.2. The first-order chi connectivity index (χ1) is 18.3. The maximum absolute atomic E-state index is 14.3. The number of rotatable bonds is 11. The van der Waals surface area contributed by atoms with Gasteiger partial charge >= 0.3 is 12.3 Å². The minimum atomic E-state index is -6.07. The van der Waals surface area contributed by atoms with E-state index in [-0.39, 0.29) is 16.3 Å². The number of anilines is 1. The van der Waals surface area contributed by atoms with Gasteiger partial charge in [0.1, 0.15) is 4.90 Å². The Labute approximate surface area is 245 Å². The molecular formula is C24H20Cl2F5IN2O4S. The molecule has 212 valence electrons. The molecule has 39 heavy (non-hydrogen) atoms. The maximum Gasteiger partial charge on any atom is 0.499 e. The number of alkyl halides is 6. The number of sulfonamides is 1. The summed E-state index contributed by atoms with van der Waals surface area (Å²) in [4.78, 5) is 3.72. The Morgan fingerprint density at radius 3 is 2.36 bits per heavy atom. The average Bonchev–Trinajstić information content (AvgIpc) is 2.86. The van der Waals surface area contributed by atoms with Gasteiger partial charge < -0.3 is 9.47 Å². The van der Waals surface area contributed by atoms with E-state index in [0.29, 0.717) is 15.6 Å². The van der Waals surface area contributed by atoms with Crippen molar-refractivity contribution in [3.8, 4) is 11.5 Å². The van der Waals surface area contributed by atoms with Crippen LogP contribution in [-0.4, -0.2) is 31.8 Å². The zero-order chi connectivity index (χ0) is 29.0. The SMILES string of the molecule is CCCC(c1cccnc1)N(c1cccc(OC(F)(F)C(F)(F)F)c1OCCl)S(=O)(=O)c1cccc(I)c1Cl. The van der Waals surface area contributed by atoms with Gasteiger partial charge in [-0.1, -0.05) is 54.7 Å². The molecule has 0 spiro atoms. The summed E-state index contributed by atoms with van der Waals surface area (Å²) in [5, 5.41) is -0.111. The van der Waals surface area contributed by atoms with Crippen LogP contribution >= 0.6 is 45.8 Å². The molecule has 0 aliphatic heterocycles. The predicted octanol–water partition coefficient (Wildman–Crippen LogP) is 8.19.